The fraction of sp³-hybridized carbons (Fsp3) is 0.333. The van der Waals surface area contributed by atoms with E-state index in [1.54, 1.807) is 6.07 Å². The maximum atomic E-state index is 12.7. The Morgan fingerprint density at radius 2 is 1.83 bits per heavy atom. The minimum Gasteiger partial charge on any atom is -0.355 e. The average molecular weight is 389 g/mol. The van der Waals surface area contributed by atoms with Gasteiger partial charge in [0.1, 0.15) is 0 Å². The molecule has 0 bridgehead atoms. The third-order valence-corrected chi connectivity index (χ3v) is 5.61. The highest BCUT2D eigenvalue weighted by Crippen LogP contribution is 2.25. The van der Waals surface area contributed by atoms with Gasteiger partial charge in [-0.15, -0.1) is 0 Å². The monoisotopic (exact) mass is 389 g/mol. The van der Waals surface area contributed by atoms with E-state index in [1.807, 2.05) is 30.3 Å². The number of benzene rings is 2. The van der Waals surface area contributed by atoms with Crippen molar-refractivity contribution >= 4 is 5.91 Å². The predicted octanol–water partition coefficient (Wildman–Crippen LogP) is 4.47. The average Bonchev–Trinajstić information content (AvgIpc) is 3.47. The second kappa shape index (κ2) is 9.05. The van der Waals surface area contributed by atoms with Gasteiger partial charge in [0.2, 0.25) is 0 Å². The van der Waals surface area contributed by atoms with Crippen LogP contribution in [-0.2, 0) is 6.42 Å². The Bertz CT molecular complexity index is 928. The molecule has 1 saturated heterocycles. The van der Waals surface area contributed by atoms with Crippen LogP contribution in [0.3, 0.4) is 0 Å². The van der Waals surface area contributed by atoms with Crippen LogP contribution in [0.2, 0.25) is 0 Å². The molecule has 0 radical (unpaired) electrons. The largest absolute Gasteiger partial charge is 0.355 e. The van der Waals surface area contributed by atoms with Crippen LogP contribution in [0.25, 0.3) is 11.3 Å². The molecule has 1 aliphatic rings. The van der Waals surface area contributed by atoms with Crippen molar-refractivity contribution in [3.63, 3.8) is 0 Å². The molecule has 0 spiro atoms. The van der Waals surface area contributed by atoms with Crippen LogP contribution in [-0.4, -0.2) is 35.6 Å². The third-order valence-electron chi connectivity index (χ3n) is 5.61. The highest BCUT2D eigenvalue weighted by molar-refractivity contribution is 5.93. The zero-order valence-corrected chi connectivity index (χ0v) is 16.8. The van der Waals surface area contributed by atoms with Crippen LogP contribution in [0.4, 0.5) is 0 Å². The van der Waals surface area contributed by atoms with E-state index in [-0.39, 0.29) is 11.9 Å². The molecule has 29 heavy (non-hydrogen) atoms. The van der Waals surface area contributed by atoms with Crippen molar-refractivity contribution in [3.05, 3.63) is 77.5 Å². The lowest BCUT2D eigenvalue weighted by atomic mass is 10.0. The molecule has 1 amide bonds. The summed E-state index contributed by atoms with van der Waals surface area (Å²) in [5.41, 5.74) is 3.79. The number of carbonyl (C=O) groups is 1. The maximum absolute atomic E-state index is 12.7. The van der Waals surface area contributed by atoms with Crippen molar-refractivity contribution in [1.82, 2.24) is 15.4 Å². The van der Waals surface area contributed by atoms with E-state index >= 15 is 0 Å². The molecule has 2 heterocycles. The van der Waals surface area contributed by atoms with Crippen LogP contribution in [0.15, 0.2) is 65.2 Å². The van der Waals surface area contributed by atoms with Gasteiger partial charge in [-0.25, -0.2) is 0 Å². The maximum Gasteiger partial charge on any atom is 0.273 e. The molecule has 1 N–H and O–H groups in total. The number of rotatable bonds is 7. The van der Waals surface area contributed by atoms with Crippen LogP contribution in [0.1, 0.15) is 47.4 Å². The van der Waals surface area contributed by atoms with Gasteiger partial charge in [0, 0.05) is 18.2 Å². The van der Waals surface area contributed by atoms with Gasteiger partial charge >= 0.3 is 0 Å². The van der Waals surface area contributed by atoms with Crippen molar-refractivity contribution in [1.29, 1.82) is 0 Å². The minimum absolute atomic E-state index is 0.174. The summed E-state index contributed by atoms with van der Waals surface area (Å²) in [5, 5.41) is 7.03. The van der Waals surface area contributed by atoms with Gasteiger partial charge in [-0.05, 0) is 43.5 Å². The van der Waals surface area contributed by atoms with Crippen molar-refractivity contribution in [2.45, 2.75) is 32.2 Å². The second-order valence-electron chi connectivity index (χ2n) is 7.51. The first-order valence-corrected chi connectivity index (χ1v) is 10.4. The molecular formula is C24H27N3O2. The predicted molar refractivity (Wildman–Crippen MR) is 114 cm³/mol. The summed E-state index contributed by atoms with van der Waals surface area (Å²) in [6.45, 7) is 4.85. The number of aryl methyl sites for hydroxylation is 1. The van der Waals surface area contributed by atoms with Crippen LogP contribution in [0, 0.1) is 0 Å². The Labute approximate surface area is 171 Å². The van der Waals surface area contributed by atoms with E-state index in [1.165, 1.54) is 24.0 Å². The Morgan fingerprint density at radius 1 is 1.10 bits per heavy atom. The summed E-state index contributed by atoms with van der Waals surface area (Å²) in [6, 6.07) is 20.3. The molecule has 1 aromatic heterocycles. The molecule has 0 saturated carbocycles. The van der Waals surface area contributed by atoms with E-state index in [2.05, 4.69) is 46.6 Å². The molecule has 0 unspecified atom stereocenters. The second-order valence-corrected chi connectivity index (χ2v) is 7.51. The number of nitrogens with zero attached hydrogens (tertiary/aromatic N) is 2. The summed E-state index contributed by atoms with van der Waals surface area (Å²) in [7, 11) is 0. The molecule has 1 aliphatic heterocycles. The first kappa shape index (κ1) is 19.4. The van der Waals surface area contributed by atoms with Crippen LogP contribution in [0.5, 0.6) is 0 Å². The zero-order chi connectivity index (χ0) is 20.1. The summed E-state index contributed by atoms with van der Waals surface area (Å²) in [6.07, 6.45) is 3.45. The molecule has 4 rings (SSSR count). The van der Waals surface area contributed by atoms with E-state index in [0.29, 0.717) is 18.0 Å². The Hall–Kier alpha value is -2.92. The summed E-state index contributed by atoms with van der Waals surface area (Å²) < 4.78 is 5.37. The van der Waals surface area contributed by atoms with Gasteiger partial charge in [0.15, 0.2) is 11.5 Å². The molecule has 1 fully saturated rings. The summed E-state index contributed by atoms with van der Waals surface area (Å²) >= 11 is 0. The standard InChI is InChI=1S/C24H27N3O2/c1-2-18-10-12-19(13-11-18)22(27-14-6-7-15-27)17-25-24(28)21-16-23(29-26-21)20-8-4-3-5-9-20/h3-5,8-13,16,22H,2,6-7,14-15,17H2,1H3,(H,25,28)/t22-/m1/s1. The molecule has 3 aromatic rings. The van der Waals surface area contributed by atoms with Crippen molar-refractivity contribution in [3.8, 4) is 11.3 Å². The van der Waals surface area contributed by atoms with Gasteiger partial charge < -0.3 is 9.84 Å². The highest BCUT2D eigenvalue weighted by atomic mass is 16.5. The molecule has 5 heteroatoms. The molecule has 1 atom stereocenters. The lowest BCUT2D eigenvalue weighted by Crippen LogP contribution is -2.36. The van der Waals surface area contributed by atoms with Gasteiger partial charge in [-0.2, -0.15) is 0 Å². The third kappa shape index (κ3) is 4.57. The van der Waals surface area contributed by atoms with E-state index in [0.717, 1.165) is 25.1 Å². The van der Waals surface area contributed by atoms with Gasteiger partial charge in [0.25, 0.3) is 5.91 Å². The fourth-order valence-electron chi connectivity index (χ4n) is 3.89. The number of amides is 1. The Morgan fingerprint density at radius 3 is 2.52 bits per heavy atom. The van der Waals surface area contributed by atoms with Crippen molar-refractivity contribution < 1.29 is 9.32 Å². The Kier molecular flexibility index (Phi) is 6.06. The lowest BCUT2D eigenvalue weighted by Gasteiger charge is -2.28. The van der Waals surface area contributed by atoms with Crippen LogP contribution >= 0.6 is 0 Å². The smallest absolute Gasteiger partial charge is 0.273 e. The number of aromatic nitrogens is 1. The van der Waals surface area contributed by atoms with Crippen LogP contribution < -0.4 is 5.32 Å². The minimum atomic E-state index is -0.203. The van der Waals surface area contributed by atoms with E-state index in [4.69, 9.17) is 4.52 Å². The number of hydrogen-bond acceptors (Lipinski definition) is 4. The molecular weight excluding hydrogens is 362 g/mol. The van der Waals surface area contributed by atoms with Gasteiger partial charge in [0.05, 0.1) is 6.04 Å². The topological polar surface area (TPSA) is 58.4 Å². The number of nitrogens with one attached hydrogen (secondary N) is 1. The first-order chi connectivity index (χ1) is 14.2. The molecule has 2 aromatic carbocycles. The van der Waals surface area contributed by atoms with Gasteiger partial charge in [-0.3, -0.25) is 9.69 Å². The van der Waals surface area contributed by atoms with E-state index in [9.17, 15) is 4.79 Å². The summed E-state index contributed by atoms with van der Waals surface area (Å²) in [4.78, 5) is 15.1. The Balaban J connectivity index is 1.45. The summed E-state index contributed by atoms with van der Waals surface area (Å²) in [5.74, 6) is 0.396. The molecule has 150 valence electrons. The molecule has 5 nitrogen and oxygen atoms in total. The number of hydrogen-bond donors (Lipinski definition) is 1. The number of likely N-dealkylation sites (tertiary alicyclic amines) is 1. The zero-order valence-electron chi connectivity index (χ0n) is 16.8. The first-order valence-electron chi connectivity index (χ1n) is 10.4. The SMILES string of the molecule is CCc1ccc([C@@H](CNC(=O)c2cc(-c3ccccc3)on2)N2CCCC2)cc1. The highest BCUT2D eigenvalue weighted by Gasteiger charge is 2.24. The van der Waals surface area contributed by atoms with Crippen molar-refractivity contribution in [2.24, 2.45) is 0 Å². The normalized spacial score (nSPS) is 15.3. The van der Waals surface area contributed by atoms with Crippen molar-refractivity contribution in [2.75, 3.05) is 19.6 Å². The quantitative estimate of drug-likeness (QED) is 0.648. The molecule has 0 aliphatic carbocycles. The number of carbonyl (C=O) groups excluding carboxylic acids is 1. The van der Waals surface area contributed by atoms with Gasteiger partial charge in [-0.1, -0.05) is 66.7 Å². The lowest BCUT2D eigenvalue weighted by molar-refractivity contribution is 0.0929. The van der Waals surface area contributed by atoms with E-state index < -0.39 is 0 Å². The fourth-order valence-corrected chi connectivity index (χ4v) is 3.89.